The lowest BCUT2D eigenvalue weighted by Gasteiger charge is -1.90. The van der Waals surface area contributed by atoms with Crippen LogP contribution in [-0.4, -0.2) is 5.80 Å². The van der Waals surface area contributed by atoms with Gasteiger partial charge < -0.3 is 9.79 Å². The molecular weight excluding hydrogens is 113 g/mol. The second-order valence-corrected chi connectivity index (χ2v) is 1.35. The van der Waals surface area contributed by atoms with Gasteiger partial charge in [0.25, 0.3) is 0 Å². The molecule has 2 nitrogen and oxygen atoms in total. The van der Waals surface area contributed by atoms with Crippen LogP contribution < -0.4 is 9.79 Å². The molecular formula is CF2O2P-. The third kappa shape index (κ3) is 2.20. The van der Waals surface area contributed by atoms with E-state index in [0.717, 1.165) is 0 Å². The van der Waals surface area contributed by atoms with Crippen LogP contribution in [0.25, 0.3) is 0 Å². The van der Waals surface area contributed by atoms with E-state index in [-0.39, 0.29) is 0 Å². The van der Waals surface area contributed by atoms with Crippen molar-refractivity contribution in [3.05, 3.63) is 0 Å². The molecule has 0 aliphatic rings. The summed E-state index contributed by atoms with van der Waals surface area (Å²) in [5.74, 6) is -2.54. The Kier molecular flexibility index (Phi) is 2.16. The minimum Gasteiger partial charge on any atom is -0.629 e. The van der Waals surface area contributed by atoms with E-state index in [2.05, 4.69) is 0 Å². The van der Waals surface area contributed by atoms with Crippen molar-refractivity contribution in [1.82, 2.24) is 0 Å². The van der Waals surface area contributed by atoms with Crippen LogP contribution in [0.5, 0.6) is 0 Å². The number of rotatable bonds is 0. The first-order valence-electron chi connectivity index (χ1n) is 0.967. The number of hydrogen-bond acceptors (Lipinski definition) is 2. The average Bonchev–Trinajstić information content (AvgIpc) is 1.36. The Hall–Kier alpha value is -0.0500. The van der Waals surface area contributed by atoms with Crippen LogP contribution in [0.2, 0.25) is 0 Å². The van der Waals surface area contributed by atoms with Crippen molar-refractivity contribution < 1.29 is 18.6 Å². The summed E-state index contributed by atoms with van der Waals surface area (Å²) in [4.78, 5) is 17.9. The zero-order chi connectivity index (χ0) is 5.15. The van der Waals surface area contributed by atoms with Gasteiger partial charge in [0.15, 0.2) is 0 Å². The monoisotopic (exact) mass is 113 g/mol. The Morgan fingerprint density at radius 1 is 1.33 bits per heavy atom. The van der Waals surface area contributed by atoms with Crippen LogP contribution in [0.3, 0.4) is 0 Å². The van der Waals surface area contributed by atoms with Gasteiger partial charge in [-0.05, 0) is 0 Å². The Morgan fingerprint density at radius 2 is 1.50 bits per heavy atom. The van der Waals surface area contributed by atoms with Crippen LogP contribution >= 0.6 is 8.00 Å². The Labute approximate surface area is 33.6 Å². The highest BCUT2D eigenvalue weighted by molar-refractivity contribution is 7.43. The number of halogens is 2. The summed E-state index contributed by atoms with van der Waals surface area (Å²) >= 11 is 0. The summed E-state index contributed by atoms with van der Waals surface area (Å²) in [6.07, 6.45) is 0. The molecule has 0 aliphatic heterocycles. The van der Waals surface area contributed by atoms with Gasteiger partial charge in [0, 0.05) is 0 Å². The zero-order valence-electron chi connectivity index (χ0n) is 2.52. The second-order valence-electron chi connectivity index (χ2n) is 0.498. The molecule has 5 heteroatoms. The van der Waals surface area contributed by atoms with Gasteiger partial charge in [-0.3, -0.25) is 0 Å². The molecule has 0 rings (SSSR count). The van der Waals surface area contributed by atoms with E-state index in [1.807, 2.05) is 0 Å². The average molecular weight is 113 g/mol. The normalized spacial score (nSPS) is 8.00. The number of hydrogen-bond donors (Lipinski definition) is 0. The van der Waals surface area contributed by atoms with Gasteiger partial charge in [0.05, 0.1) is 8.00 Å². The highest BCUT2D eigenvalue weighted by Crippen LogP contribution is 1.99. The molecule has 0 bridgehead atoms. The minimum atomic E-state index is -3.58. The van der Waals surface area contributed by atoms with E-state index in [4.69, 9.17) is 9.79 Å². The SMILES string of the molecule is [O-][P+]([O-])=C(F)F. The molecule has 0 saturated heterocycles. The summed E-state index contributed by atoms with van der Waals surface area (Å²) in [5.41, 5.74) is 0. The first-order chi connectivity index (χ1) is 2.64. The van der Waals surface area contributed by atoms with Crippen LogP contribution in [0, 0.1) is 0 Å². The maximum absolute atomic E-state index is 10.5. The van der Waals surface area contributed by atoms with E-state index in [0.29, 0.717) is 0 Å². The fraction of sp³-hybridized carbons (Fsp3) is 0. The van der Waals surface area contributed by atoms with E-state index in [9.17, 15) is 8.78 Å². The molecule has 0 N–H and O–H groups in total. The Morgan fingerprint density at radius 3 is 1.50 bits per heavy atom. The van der Waals surface area contributed by atoms with E-state index in [1.54, 1.807) is 0 Å². The molecule has 0 spiro atoms. The standard InChI is InChI=1S/CHF2O2P/c2-1(3)6(4)5/h(H,4,5)/p-1. The molecule has 0 aromatic carbocycles. The maximum atomic E-state index is 10.5. The van der Waals surface area contributed by atoms with Gasteiger partial charge in [0.1, 0.15) is 0 Å². The smallest absolute Gasteiger partial charge is 0.436 e. The molecule has 0 aromatic heterocycles. The van der Waals surface area contributed by atoms with Crippen molar-refractivity contribution in [2.45, 2.75) is 0 Å². The predicted molar refractivity (Wildman–Crippen MR) is 14.1 cm³/mol. The molecule has 36 valence electrons. The fourth-order valence-corrected chi connectivity index (χ4v) is 0. The van der Waals surface area contributed by atoms with E-state index < -0.39 is 13.8 Å². The summed E-state index contributed by atoms with van der Waals surface area (Å²) in [6.45, 7) is 0. The summed E-state index contributed by atoms with van der Waals surface area (Å²) in [5, 5.41) is 0. The summed E-state index contributed by atoms with van der Waals surface area (Å²) < 4.78 is 21.0. The molecule has 0 radical (unpaired) electrons. The van der Waals surface area contributed by atoms with Crippen molar-refractivity contribution in [3.8, 4) is 0 Å². The third-order valence-electron chi connectivity index (χ3n) is 0.138. The third-order valence-corrected chi connectivity index (χ3v) is 0.414. The van der Waals surface area contributed by atoms with Crippen molar-refractivity contribution in [1.29, 1.82) is 0 Å². The van der Waals surface area contributed by atoms with Gasteiger partial charge in [-0.2, -0.15) is 0 Å². The van der Waals surface area contributed by atoms with Gasteiger partial charge in [0.2, 0.25) is 0 Å². The maximum Gasteiger partial charge on any atom is 0.436 e. The molecule has 6 heavy (non-hydrogen) atoms. The van der Waals surface area contributed by atoms with Crippen molar-refractivity contribution >= 4 is 13.8 Å². The molecule has 0 atom stereocenters. The van der Waals surface area contributed by atoms with E-state index >= 15 is 0 Å². The molecule has 0 unspecified atom stereocenters. The molecule has 0 fully saturated rings. The predicted octanol–water partition coefficient (Wildman–Crippen LogP) is -0.955. The van der Waals surface area contributed by atoms with Crippen LogP contribution in [0.4, 0.5) is 8.78 Å². The zero-order valence-corrected chi connectivity index (χ0v) is 3.41. The Bertz CT molecular complexity index is 61.6. The van der Waals surface area contributed by atoms with E-state index in [1.165, 1.54) is 0 Å². The first-order valence-corrected chi connectivity index (χ1v) is 2.14. The lowest BCUT2D eigenvalue weighted by molar-refractivity contribution is -0.282. The molecule has 0 aromatic rings. The van der Waals surface area contributed by atoms with Crippen molar-refractivity contribution in [2.75, 3.05) is 0 Å². The summed E-state index contributed by atoms with van der Waals surface area (Å²) in [6, 6.07) is 0. The van der Waals surface area contributed by atoms with Crippen LogP contribution in [0.15, 0.2) is 0 Å². The van der Waals surface area contributed by atoms with Gasteiger partial charge in [-0.25, -0.2) is 0 Å². The highest BCUT2D eigenvalue weighted by Gasteiger charge is 1.91. The highest BCUT2D eigenvalue weighted by atomic mass is 31.1. The van der Waals surface area contributed by atoms with Crippen LogP contribution in [0.1, 0.15) is 0 Å². The first kappa shape index (κ1) is 5.95. The molecule has 0 saturated carbocycles. The lowest BCUT2D eigenvalue weighted by Crippen LogP contribution is -2.03. The fourth-order valence-electron chi connectivity index (χ4n) is 0. The Balaban J connectivity index is 3.68. The molecule has 0 amide bonds. The molecule has 0 heterocycles. The minimum absolute atomic E-state index is 2.54. The topological polar surface area (TPSA) is 46.1 Å². The largest absolute Gasteiger partial charge is 0.629 e. The lowest BCUT2D eigenvalue weighted by atomic mass is 11.7. The van der Waals surface area contributed by atoms with Crippen molar-refractivity contribution in [3.63, 3.8) is 0 Å². The van der Waals surface area contributed by atoms with Crippen LogP contribution in [-0.2, 0) is 0 Å². The van der Waals surface area contributed by atoms with Gasteiger partial charge in [-0.15, -0.1) is 8.78 Å². The molecule has 0 aliphatic carbocycles. The quantitative estimate of drug-likeness (QED) is 0.380. The second kappa shape index (κ2) is 2.18. The van der Waals surface area contributed by atoms with Gasteiger partial charge in [-0.1, -0.05) is 0 Å². The van der Waals surface area contributed by atoms with Gasteiger partial charge >= 0.3 is 5.80 Å². The van der Waals surface area contributed by atoms with Crippen molar-refractivity contribution in [2.24, 2.45) is 0 Å². The summed E-state index contributed by atoms with van der Waals surface area (Å²) in [7, 11) is -3.58.